The van der Waals surface area contributed by atoms with E-state index in [9.17, 15) is 0 Å². The molecule has 0 bridgehead atoms. The van der Waals surface area contributed by atoms with Crippen molar-refractivity contribution in [1.29, 1.82) is 0 Å². The first-order chi connectivity index (χ1) is 13.3. The van der Waals surface area contributed by atoms with E-state index in [0.717, 1.165) is 25.0 Å². The Kier molecular flexibility index (Phi) is 22.6. The summed E-state index contributed by atoms with van der Waals surface area (Å²) in [6.07, 6.45) is 16.3. The molecule has 0 radical (unpaired) electrons. The molecule has 0 spiro atoms. The number of hydrogen-bond donors (Lipinski definition) is 0. The van der Waals surface area contributed by atoms with Gasteiger partial charge in [-0.15, -0.1) is 0 Å². The molecule has 0 atom stereocenters. The Morgan fingerprint density at radius 2 is 1.04 bits per heavy atom. The first-order valence-electron chi connectivity index (χ1n) is 9.83. The lowest BCUT2D eigenvalue weighted by atomic mass is 10.0. The molecule has 0 fully saturated rings. The molecule has 0 aliphatic heterocycles. The molecule has 162 valence electrons. The van der Waals surface area contributed by atoms with Crippen LogP contribution in [0.4, 0.5) is 0 Å². The van der Waals surface area contributed by atoms with Crippen molar-refractivity contribution in [3.8, 4) is 0 Å². The molecular weight excluding hydrogens is 360 g/mol. The third-order valence-corrected chi connectivity index (χ3v) is 3.83. The second-order valence-electron chi connectivity index (χ2n) is 6.63. The molecule has 0 aromatic carbocycles. The highest BCUT2D eigenvalue weighted by atomic mass is 17.9. The molecule has 0 saturated carbocycles. The second kappa shape index (κ2) is 23.3. The van der Waals surface area contributed by atoms with E-state index in [1.54, 1.807) is 0 Å². The summed E-state index contributed by atoms with van der Waals surface area (Å²) in [5.74, 6) is 0.843. The van der Waals surface area contributed by atoms with Crippen molar-refractivity contribution < 1.29 is 45.0 Å². The molecule has 0 aliphatic rings. The zero-order valence-electron chi connectivity index (χ0n) is 16.7. The van der Waals surface area contributed by atoms with Crippen LogP contribution in [0.1, 0.15) is 90.9 Å². The van der Waals surface area contributed by atoms with Crippen molar-refractivity contribution in [2.75, 3.05) is 6.61 Å². The molecule has 27 heavy (non-hydrogen) atoms. The molecule has 9 nitrogen and oxygen atoms in total. The molecular formula is C18H36O9. The van der Waals surface area contributed by atoms with E-state index in [1.807, 2.05) is 0 Å². The Labute approximate surface area is 162 Å². The lowest BCUT2D eigenvalue weighted by Gasteiger charge is -2.05. The largest absolute Gasteiger partial charge is 0.315 e. The summed E-state index contributed by atoms with van der Waals surface area (Å²) in [4.78, 5) is 8.75. The Bertz CT molecular complexity index is 290. The monoisotopic (exact) mass is 396 g/mol. The molecule has 0 aliphatic carbocycles. The lowest BCUT2D eigenvalue weighted by molar-refractivity contribution is -0.829. The third-order valence-electron chi connectivity index (χ3n) is 3.83. The van der Waals surface area contributed by atoms with Crippen molar-refractivity contribution in [2.45, 2.75) is 90.9 Å². The second-order valence-corrected chi connectivity index (χ2v) is 6.63. The molecule has 0 amide bonds. The first-order valence-corrected chi connectivity index (χ1v) is 9.83. The Morgan fingerprint density at radius 3 is 1.56 bits per heavy atom. The number of unbranched alkanes of at least 4 members (excludes halogenated alkanes) is 10. The fourth-order valence-corrected chi connectivity index (χ4v) is 2.46. The molecule has 0 saturated heterocycles. The average Bonchev–Trinajstić information content (AvgIpc) is 2.65. The average molecular weight is 396 g/mol. The highest BCUT2D eigenvalue weighted by Gasteiger charge is 1.97. The summed E-state index contributed by atoms with van der Waals surface area (Å²) < 4.78 is 0. The molecule has 0 heterocycles. The van der Waals surface area contributed by atoms with Gasteiger partial charge in [0.25, 0.3) is 0 Å². The summed E-state index contributed by atoms with van der Waals surface area (Å²) in [6.45, 7) is 8.14. The van der Waals surface area contributed by atoms with Crippen LogP contribution in [0.5, 0.6) is 0 Å². The fraction of sp³-hybridized carbons (Fsp3) is 0.889. The van der Waals surface area contributed by atoms with Gasteiger partial charge in [0.05, 0.1) is 6.61 Å². The standard InChI is InChI=1S/C18H36O9/c1-4-19-21-23-25-27-26-24-22-20-17-15-13-11-9-7-5-6-8-10-12-14-16-18(2)3/h4,18H,1,5-17H2,2-3H3. The minimum atomic E-state index is 0.382. The van der Waals surface area contributed by atoms with E-state index < -0.39 is 0 Å². The Morgan fingerprint density at radius 1 is 0.593 bits per heavy atom. The van der Waals surface area contributed by atoms with Gasteiger partial charge in [0, 0.05) is 20.2 Å². The highest BCUT2D eigenvalue weighted by Crippen LogP contribution is 2.13. The van der Waals surface area contributed by atoms with Gasteiger partial charge < -0.3 is 4.89 Å². The summed E-state index contributed by atoms with van der Waals surface area (Å²) >= 11 is 0. The van der Waals surface area contributed by atoms with Gasteiger partial charge in [-0.2, -0.15) is 0 Å². The molecule has 9 heteroatoms. The molecule has 0 N–H and O–H groups in total. The van der Waals surface area contributed by atoms with Crippen molar-refractivity contribution >= 4 is 0 Å². The summed E-state index contributed by atoms with van der Waals surface area (Å²) in [7, 11) is 0. The normalized spacial score (nSPS) is 11.2. The molecule has 0 aromatic heterocycles. The van der Waals surface area contributed by atoms with Crippen LogP contribution >= 0.6 is 0 Å². The Hall–Kier alpha value is -0.780. The van der Waals surface area contributed by atoms with E-state index in [-0.39, 0.29) is 0 Å². The van der Waals surface area contributed by atoms with Gasteiger partial charge in [0.15, 0.2) is 0 Å². The first kappa shape index (κ1) is 26.2. The van der Waals surface area contributed by atoms with E-state index in [4.69, 9.17) is 4.89 Å². The van der Waals surface area contributed by atoms with Crippen LogP contribution in [0.15, 0.2) is 12.8 Å². The van der Waals surface area contributed by atoms with Crippen molar-refractivity contribution in [2.24, 2.45) is 5.92 Å². The zero-order valence-corrected chi connectivity index (χ0v) is 16.7. The molecule has 0 aromatic rings. The van der Waals surface area contributed by atoms with E-state index in [2.05, 4.69) is 60.6 Å². The smallest absolute Gasteiger partial charge is 0.125 e. The number of hydrogen-bond acceptors (Lipinski definition) is 9. The van der Waals surface area contributed by atoms with Crippen molar-refractivity contribution in [1.82, 2.24) is 0 Å². The third kappa shape index (κ3) is 25.2. The van der Waals surface area contributed by atoms with Crippen LogP contribution in [0.2, 0.25) is 0 Å². The highest BCUT2D eigenvalue weighted by molar-refractivity contribution is 4.50. The van der Waals surface area contributed by atoms with Crippen molar-refractivity contribution in [3.05, 3.63) is 12.8 Å². The number of rotatable bonds is 23. The van der Waals surface area contributed by atoms with Crippen LogP contribution < -0.4 is 0 Å². The minimum absolute atomic E-state index is 0.382. The maximum absolute atomic E-state index is 4.69. The van der Waals surface area contributed by atoms with Crippen LogP contribution in [0.3, 0.4) is 0 Å². The Balaban J connectivity index is 2.98. The van der Waals surface area contributed by atoms with E-state index in [0.29, 0.717) is 6.61 Å². The van der Waals surface area contributed by atoms with Gasteiger partial charge in [0.1, 0.15) is 6.26 Å². The minimum Gasteiger partial charge on any atom is -0.315 e. The van der Waals surface area contributed by atoms with Gasteiger partial charge in [-0.1, -0.05) is 91.1 Å². The van der Waals surface area contributed by atoms with Gasteiger partial charge in [-0.05, 0) is 27.5 Å². The predicted molar refractivity (Wildman–Crippen MR) is 95.1 cm³/mol. The molecule has 0 unspecified atom stereocenters. The van der Waals surface area contributed by atoms with Gasteiger partial charge in [0.2, 0.25) is 0 Å². The summed E-state index contributed by atoms with van der Waals surface area (Å²) in [6, 6.07) is 0. The topological polar surface area (TPSA) is 83.1 Å². The van der Waals surface area contributed by atoms with Crippen molar-refractivity contribution in [3.63, 3.8) is 0 Å². The lowest BCUT2D eigenvalue weighted by Crippen LogP contribution is -2.02. The SMILES string of the molecule is C=COOOOOOOOOCCCCCCCCCCCCCC(C)C. The maximum atomic E-state index is 4.69. The van der Waals surface area contributed by atoms with Crippen LogP contribution in [-0.2, 0) is 45.0 Å². The van der Waals surface area contributed by atoms with Crippen LogP contribution in [-0.4, -0.2) is 6.61 Å². The molecule has 0 rings (SSSR count). The van der Waals surface area contributed by atoms with Gasteiger partial charge >= 0.3 is 0 Å². The van der Waals surface area contributed by atoms with Gasteiger partial charge in [-0.3, -0.25) is 0 Å². The summed E-state index contributed by atoms with van der Waals surface area (Å²) in [5.41, 5.74) is 0. The van der Waals surface area contributed by atoms with E-state index >= 15 is 0 Å². The van der Waals surface area contributed by atoms with Crippen LogP contribution in [0.25, 0.3) is 0 Å². The predicted octanol–water partition coefficient (Wildman–Crippen LogP) is 5.94. The van der Waals surface area contributed by atoms with Crippen LogP contribution in [0, 0.1) is 5.92 Å². The zero-order chi connectivity index (χ0) is 19.8. The maximum Gasteiger partial charge on any atom is 0.125 e. The quantitative estimate of drug-likeness (QED) is 0.0902. The summed E-state index contributed by atoms with van der Waals surface area (Å²) in [5, 5.41) is 27.3. The van der Waals surface area contributed by atoms with E-state index in [1.165, 1.54) is 64.2 Å². The fourth-order valence-electron chi connectivity index (χ4n) is 2.46. The van der Waals surface area contributed by atoms with Gasteiger partial charge in [-0.25, -0.2) is 4.89 Å².